The number of hydrogen-bond acceptors (Lipinski definition) is 4. The Morgan fingerprint density at radius 1 is 1.04 bits per heavy atom. The van der Waals surface area contributed by atoms with Gasteiger partial charge in [0, 0.05) is 43.0 Å². The highest BCUT2D eigenvalue weighted by molar-refractivity contribution is 5.65. The quantitative estimate of drug-likeness (QED) is 0.782. The van der Waals surface area contributed by atoms with Crippen molar-refractivity contribution in [3.8, 4) is 17.2 Å². The van der Waals surface area contributed by atoms with Gasteiger partial charge in [-0.1, -0.05) is 45.0 Å². The lowest BCUT2D eigenvalue weighted by Crippen LogP contribution is -2.25. The topological polar surface area (TPSA) is 55.6 Å². The molecule has 0 unspecified atom stereocenters. The van der Waals surface area contributed by atoms with Crippen molar-refractivity contribution >= 4 is 0 Å². The number of nitrogens with zero attached hydrogens (tertiary/aromatic N) is 4. The van der Waals surface area contributed by atoms with Gasteiger partial charge in [-0.05, 0) is 17.0 Å². The summed E-state index contributed by atoms with van der Waals surface area (Å²) in [5, 5.41) is 8.33. The van der Waals surface area contributed by atoms with Crippen molar-refractivity contribution in [3.05, 3.63) is 59.5 Å². The SMILES string of the molecule is CC(C)(C)c1ccc(-c2nn(-c3ncccn3)c3c2CNCC3)cc1. The van der Waals surface area contributed by atoms with Crippen LogP contribution in [-0.4, -0.2) is 26.3 Å². The van der Waals surface area contributed by atoms with E-state index in [2.05, 4.69) is 60.3 Å². The predicted octanol–water partition coefficient (Wildman–Crippen LogP) is 3.27. The van der Waals surface area contributed by atoms with Crippen LogP contribution in [0.25, 0.3) is 17.2 Å². The Labute approximate surface area is 148 Å². The van der Waals surface area contributed by atoms with E-state index in [-0.39, 0.29) is 5.41 Å². The van der Waals surface area contributed by atoms with Crippen molar-refractivity contribution in [3.63, 3.8) is 0 Å². The molecule has 25 heavy (non-hydrogen) atoms. The van der Waals surface area contributed by atoms with Gasteiger partial charge in [-0.15, -0.1) is 0 Å². The predicted molar refractivity (Wildman–Crippen MR) is 98.7 cm³/mol. The van der Waals surface area contributed by atoms with E-state index in [1.807, 2.05) is 10.7 Å². The highest BCUT2D eigenvalue weighted by Crippen LogP contribution is 2.31. The molecule has 1 aromatic carbocycles. The van der Waals surface area contributed by atoms with Gasteiger partial charge in [-0.2, -0.15) is 5.10 Å². The van der Waals surface area contributed by atoms with Gasteiger partial charge in [-0.25, -0.2) is 14.6 Å². The Morgan fingerprint density at radius 2 is 1.76 bits per heavy atom. The molecule has 4 rings (SSSR count). The first-order valence-corrected chi connectivity index (χ1v) is 8.74. The van der Waals surface area contributed by atoms with Crippen molar-refractivity contribution in [2.45, 2.75) is 39.2 Å². The summed E-state index contributed by atoms with van der Waals surface area (Å²) >= 11 is 0. The first kappa shape index (κ1) is 16.0. The van der Waals surface area contributed by atoms with E-state index >= 15 is 0 Å². The van der Waals surface area contributed by atoms with E-state index in [1.54, 1.807) is 12.4 Å². The summed E-state index contributed by atoms with van der Waals surface area (Å²) in [6.45, 7) is 8.48. The van der Waals surface area contributed by atoms with E-state index in [1.165, 1.54) is 16.8 Å². The Hall–Kier alpha value is -2.53. The number of fused-ring (bicyclic) bond motifs is 1. The van der Waals surface area contributed by atoms with Gasteiger partial charge in [0.05, 0.1) is 11.4 Å². The van der Waals surface area contributed by atoms with Gasteiger partial charge in [0.1, 0.15) is 0 Å². The summed E-state index contributed by atoms with van der Waals surface area (Å²) in [7, 11) is 0. The molecule has 0 radical (unpaired) electrons. The van der Waals surface area contributed by atoms with E-state index < -0.39 is 0 Å². The molecule has 5 heteroatoms. The fraction of sp³-hybridized carbons (Fsp3) is 0.350. The van der Waals surface area contributed by atoms with E-state index in [9.17, 15) is 0 Å². The fourth-order valence-corrected chi connectivity index (χ4v) is 3.27. The van der Waals surface area contributed by atoms with Gasteiger partial charge in [0.25, 0.3) is 5.95 Å². The molecular weight excluding hydrogens is 310 g/mol. The molecule has 0 amide bonds. The number of benzene rings is 1. The van der Waals surface area contributed by atoms with Crippen LogP contribution < -0.4 is 5.32 Å². The zero-order valence-electron chi connectivity index (χ0n) is 15.0. The Morgan fingerprint density at radius 3 is 2.44 bits per heavy atom. The minimum Gasteiger partial charge on any atom is -0.312 e. The van der Waals surface area contributed by atoms with Gasteiger partial charge in [0.2, 0.25) is 0 Å². The summed E-state index contributed by atoms with van der Waals surface area (Å²) in [5.41, 5.74) is 6.10. The van der Waals surface area contributed by atoms with Crippen LogP contribution in [0.15, 0.2) is 42.7 Å². The molecule has 0 fully saturated rings. The zero-order valence-corrected chi connectivity index (χ0v) is 15.0. The highest BCUT2D eigenvalue weighted by atomic mass is 15.4. The van der Waals surface area contributed by atoms with E-state index in [4.69, 9.17) is 5.10 Å². The van der Waals surface area contributed by atoms with Crippen LogP contribution >= 0.6 is 0 Å². The van der Waals surface area contributed by atoms with Crippen LogP contribution in [0.1, 0.15) is 37.6 Å². The lowest BCUT2D eigenvalue weighted by atomic mass is 9.86. The Balaban J connectivity index is 1.81. The van der Waals surface area contributed by atoms with Crippen molar-refractivity contribution in [2.75, 3.05) is 6.54 Å². The molecule has 0 saturated heterocycles. The molecule has 0 bridgehead atoms. The maximum absolute atomic E-state index is 4.88. The minimum atomic E-state index is 0.150. The van der Waals surface area contributed by atoms with Crippen molar-refractivity contribution in [1.82, 2.24) is 25.1 Å². The van der Waals surface area contributed by atoms with Gasteiger partial charge in [0.15, 0.2) is 0 Å². The summed E-state index contributed by atoms with van der Waals surface area (Å²) in [5.74, 6) is 0.637. The Kier molecular flexibility index (Phi) is 3.88. The molecule has 3 aromatic rings. The number of hydrogen-bond donors (Lipinski definition) is 1. The van der Waals surface area contributed by atoms with Crippen LogP contribution in [0.4, 0.5) is 0 Å². The van der Waals surface area contributed by atoms with Crippen LogP contribution in [0.3, 0.4) is 0 Å². The summed E-state index contributed by atoms with van der Waals surface area (Å²) < 4.78 is 1.91. The average Bonchev–Trinajstić information content (AvgIpc) is 3.02. The van der Waals surface area contributed by atoms with Crippen LogP contribution in [-0.2, 0) is 18.4 Å². The first-order valence-electron chi connectivity index (χ1n) is 8.74. The molecule has 5 nitrogen and oxygen atoms in total. The third-order valence-electron chi connectivity index (χ3n) is 4.70. The first-order chi connectivity index (χ1) is 12.0. The van der Waals surface area contributed by atoms with Crippen LogP contribution in [0.2, 0.25) is 0 Å². The summed E-state index contributed by atoms with van der Waals surface area (Å²) in [4.78, 5) is 8.76. The molecule has 1 N–H and O–H groups in total. The lowest BCUT2D eigenvalue weighted by molar-refractivity contribution is 0.590. The normalized spacial score (nSPS) is 14.4. The lowest BCUT2D eigenvalue weighted by Gasteiger charge is -2.19. The number of aromatic nitrogens is 4. The molecular formula is C20H23N5. The Bertz CT molecular complexity index is 873. The molecule has 0 spiro atoms. The van der Waals surface area contributed by atoms with Crippen LogP contribution in [0.5, 0.6) is 0 Å². The summed E-state index contributed by atoms with van der Waals surface area (Å²) in [6.07, 6.45) is 4.45. The standard InChI is InChI=1S/C20H23N5/c1-20(2,3)15-7-5-14(6-8-15)18-16-13-21-12-9-17(16)25(24-18)19-22-10-4-11-23-19/h4-8,10-11,21H,9,12-13H2,1-3H3. The van der Waals surface area contributed by atoms with E-state index in [0.29, 0.717) is 5.95 Å². The third kappa shape index (κ3) is 2.96. The largest absolute Gasteiger partial charge is 0.312 e. The average molecular weight is 333 g/mol. The molecule has 0 saturated carbocycles. The van der Waals surface area contributed by atoms with Gasteiger partial charge >= 0.3 is 0 Å². The molecule has 0 atom stereocenters. The highest BCUT2D eigenvalue weighted by Gasteiger charge is 2.23. The zero-order chi connectivity index (χ0) is 17.4. The van der Waals surface area contributed by atoms with Crippen LogP contribution in [0, 0.1) is 0 Å². The molecule has 1 aliphatic rings. The molecule has 0 aliphatic carbocycles. The molecule has 128 valence electrons. The number of rotatable bonds is 2. The number of nitrogens with one attached hydrogen (secondary N) is 1. The monoisotopic (exact) mass is 333 g/mol. The second kappa shape index (κ2) is 6.08. The maximum Gasteiger partial charge on any atom is 0.250 e. The van der Waals surface area contributed by atoms with Crippen molar-refractivity contribution < 1.29 is 0 Å². The molecule has 1 aliphatic heterocycles. The maximum atomic E-state index is 4.88. The molecule has 3 heterocycles. The van der Waals surface area contributed by atoms with Gasteiger partial charge < -0.3 is 5.32 Å². The second-order valence-corrected chi connectivity index (χ2v) is 7.49. The van der Waals surface area contributed by atoms with E-state index in [0.717, 1.165) is 30.8 Å². The second-order valence-electron chi connectivity index (χ2n) is 7.49. The van der Waals surface area contributed by atoms with Crippen molar-refractivity contribution in [1.29, 1.82) is 0 Å². The fourth-order valence-electron chi connectivity index (χ4n) is 3.27. The van der Waals surface area contributed by atoms with Gasteiger partial charge in [-0.3, -0.25) is 0 Å². The minimum absolute atomic E-state index is 0.150. The smallest absolute Gasteiger partial charge is 0.250 e. The summed E-state index contributed by atoms with van der Waals surface area (Å²) in [6, 6.07) is 10.6. The van der Waals surface area contributed by atoms with Crippen molar-refractivity contribution in [2.24, 2.45) is 0 Å². The third-order valence-corrected chi connectivity index (χ3v) is 4.70. The molecule has 2 aromatic heterocycles.